The van der Waals surface area contributed by atoms with Gasteiger partial charge in [0.25, 0.3) is 0 Å². The normalized spacial score (nSPS) is 10.2. The fourth-order valence-corrected chi connectivity index (χ4v) is 2.32. The van der Waals surface area contributed by atoms with E-state index in [1.165, 1.54) is 0 Å². The summed E-state index contributed by atoms with van der Waals surface area (Å²) in [5.41, 5.74) is 6.51. The summed E-state index contributed by atoms with van der Waals surface area (Å²) in [5.74, 6) is 1.05. The summed E-state index contributed by atoms with van der Waals surface area (Å²) in [5, 5.41) is 0. The Bertz CT molecular complexity index is 528. The highest BCUT2D eigenvalue weighted by molar-refractivity contribution is 8.00. The Labute approximate surface area is 110 Å². The molecule has 0 spiro atoms. The minimum absolute atomic E-state index is 0.156. The second kappa shape index (κ2) is 6.21. The van der Waals surface area contributed by atoms with Crippen molar-refractivity contribution < 1.29 is 4.79 Å². The van der Waals surface area contributed by atoms with Crippen LogP contribution in [0.5, 0.6) is 0 Å². The van der Waals surface area contributed by atoms with Crippen molar-refractivity contribution in [3.05, 3.63) is 54.2 Å². The molecule has 0 aliphatic carbocycles. The molecule has 4 heteroatoms. The van der Waals surface area contributed by atoms with E-state index in [0.717, 1.165) is 10.5 Å². The predicted molar refractivity (Wildman–Crippen MR) is 74.5 cm³/mol. The molecule has 2 N–H and O–H groups in total. The van der Waals surface area contributed by atoms with Crippen LogP contribution < -0.4 is 5.73 Å². The number of pyridine rings is 1. The SMILES string of the molecule is Nc1ncccc1CC(=O)CSc1ccccc1. The van der Waals surface area contributed by atoms with Crippen LogP contribution in [0, 0.1) is 0 Å². The Morgan fingerprint density at radius 2 is 1.94 bits per heavy atom. The number of nitrogens with two attached hydrogens (primary N) is 1. The first kappa shape index (κ1) is 12.6. The van der Waals surface area contributed by atoms with Gasteiger partial charge in [0.05, 0.1) is 5.75 Å². The summed E-state index contributed by atoms with van der Waals surface area (Å²) >= 11 is 1.54. The van der Waals surface area contributed by atoms with Crippen LogP contribution in [-0.2, 0) is 11.2 Å². The van der Waals surface area contributed by atoms with E-state index in [0.29, 0.717) is 18.0 Å². The summed E-state index contributed by atoms with van der Waals surface area (Å²) < 4.78 is 0. The van der Waals surface area contributed by atoms with Crippen molar-refractivity contribution in [2.45, 2.75) is 11.3 Å². The highest BCUT2D eigenvalue weighted by Crippen LogP contribution is 2.18. The molecule has 18 heavy (non-hydrogen) atoms. The molecule has 0 unspecified atom stereocenters. The Kier molecular flexibility index (Phi) is 4.36. The number of nitrogen functional groups attached to an aromatic ring is 1. The molecule has 2 aromatic rings. The van der Waals surface area contributed by atoms with Crippen LogP contribution in [0.2, 0.25) is 0 Å². The number of carbonyl (C=O) groups excluding carboxylic acids is 1. The van der Waals surface area contributed by atoms with Crippen LogP contribution >= 0.6 is 11.8 Å². The van der Waals surface area contributed by atoms with Crippen LogP contribution in [0.4, 0.5) is 5.82 Å². The molecule has 1 aromatic carbocycles. The number of Topliss-reactive ketones (excluding diaryl/α,β-unsaturated/α-hetero) is 1. The zero-order valence-electron chi connectivity index (χ0n) is 9.87. The number of ketones is 1. The number of carbonyl (C=O) groups is 1. The first-order chi connectivity index (χ1) is 8.75. The molecule has 92 valence electrons. The summed E-state index contributed by atoms with van der Waals surface area (Å²) in [7, 11) is 0. The summed E-state index contributed by atoms with van der Waals surface area (Å²) in [4.78, 5) is 16.9. The maximum Gasteiger partial charge on any atom is 0.147 e. The maximum atomic E-state index is 11.8. The molecule has 0 bridgehead atoms. The average Bonchev–Trinajstić information content (AvgIpc) is 2.40. The topological polar surface area (TPSA) is 56.0 Å². The first-order valence-corrected chi connectivity index (χ1v) is 6.63. The fourth-order valence-electron chi connectivity index (χ4n) is 1.54. The highest BCUT2D eigenvalue weighted by atomic mass is 32.2. The van der Waals surface area contributed by atoms with Gasteiger partial charge >= 0.3 is 0 Å². The van der Waals surface area contributed by atoms with Crippen LogP contribution in [0.25, 0.3) is 0 Å². The summed E-state index contributed by atoms with van der Waals surface area (Å²) in [6, 6.07) is 13.5. The van der Waals surface area contributed by atoms with Crippen molar-refractivity contribution in [2.24, 2.45) is 0 Å². The summed E-state index contributed by atoms with van der Waals surface area (Å²) in [6.45, 7) is 0. The fraction of sp³-hybridized carbons (Fsp3) is 0.143. The monoisotopic (exact) mass is 258 g/mol. The zero-order chi connectivity index (χ0) is 12.8. The van der Waals surface area contributed by atoms with Crippen LogP contribution in [-0.4, -0.2) is 16.5 Å². The number of nitrogens with zero attached hydrogens (tertiary/aromatic N) is 1. The molecule has 0 aliphatic heterocycles. The number of hydrogen-bond acceptors (Lipinski definition) is 4. The van der Waals surface area contributed by atoms with Crippen molar-refractivity contribution >= 4 is 23.4 Å². The van der Waals surface area contributed by atoms with Crippen LogP contribution in [0.15, 0.2) is 53.6 Å². The van der Waals surface area contributed by atoms with E-state index >= 15 is 0 Å². The number of rotatable bonds is 5. The van der Waals surface area contributed by atoms with Gasteiger partial charge in [-0.15, -0.1) is 11.8 Å². The number of thioether (sulfide) groups is 1. The van der Waals surface area contributed by atoms with Crippen LogP contribution in [0.3, 0.4) is 0 Å². The molecule has 0 radical (unpaired) electrons. The number of hydrogen-bond donors (Lipinski definition) is 1. The molecule has 0 atom stereocenters. The average molecular weight is 258 g/mol. The van der Waals surface area contributed by atoms with E-state index in [2.05, 4.69) is 4.98 Å². The number of aromatic nitrogens is 1. The van der Waals surface area contributed by atoms with Crippen molar-refractivity contribution in [1.29, 1.82) is 0 Å². The van der Waals surface area contributed by atoms with Gasteiger partial charge < -0.3 is 5.73 Å². The molecule has 3 nitrogen and oxygen atoms in total. The second-order valence-electron chi connectivity index (χ2n) is 3.86. The summed E-state index contributed by atoms with van der Waals surface area (Å²) in [6.07, 6.45) is 1.97. The molecular weight excluding hydrogens is 244 g/mol. The third-order valence-corrected chi connectivity index (χ3v) is 3.53. The standard InChI is InChI=1S/C14H14N2OS/c15-14-11(5-4-8-16-14)9-12(17)10-18-13-6-2-1-3-7-13/h1-8H,9-10H2,(H2,15,16). The van der Waals surface area contributed by atoms with Crippen molar-refractivity contribution in [2.75, 3.05) is 11.5 Å². The minimum Gasteiger partial charge on any atom is -0.383 e. The minimum atomic E-state index is 0.156. The molecule has 0 saturated heterocycles. The van der Waals surface area contributed by atoms with Gasteiger partial charge in [-0.3, -0.25) is 4.79 Å². The molecule has 0 aliphatic rings. The molecule has 1 heterocycles. The smallest absolute Gasteiger partial charge is 0.147 e. The Morgan fingerprint density at radius 3 is 2.67 bits per heavy atom. The largest absolute Gasteiger partial charge is 0.383 e. The molecule has 0 amide bonds. The second-order valence-corrected chi connectivity index (χ2v) is 4.91. The molecule has 0 fully saturated rings. The molecular formula is C14H14N2OS. The van der Waals surface area contributed by atoms with E-state index in [-0.39, 0.29) is 5.78 Å². The van der Waals surface area contributed by atoms with Gasteiger partial charge in [0.15, 0.2) is 0 Å². The van der Waals surface area contributed by atoms with Gasteiger partial charge in [0.2, 0.25) is 0 Å². The number of anilines is 1. The lowest BCUT2D eigenvalue weighted by atomic mass is 10.1. The predicted octanol–water partition coefficient (Wildman–Crippen LogP) is 2.57. The van der Waals surface area contributed by atoms with Gasteiger partial charge in [-0.2, -0.15) is 0 Å². The van der Waals surface area contributed by atoms with E-state index in [1.807, 2.05) is 36.4 Å². The van der Waals surface area contributed by atoms with Gasteiger partial charge in [0, 0.05) is 23.1 Å². The quantitative estimate of drug-likeness (QED) is 0.837. The van der Waals surface area contributed by atoms with Crippen molar-refractivity contribution in [3.8, 4) is 0 Å². The number of benzene rings is 1. The molecule has 2 rings (SSSR count). The first-order valence-electron chi connectivity index (χ1n) is 5.64. The van der Waals surface area contributed by atoms with Crippen molar-refractivity contribution in [1.82, 2.24) is 4.98 Å². The lowest BCUT2D eigenvalue weighted by Gasteiger charge is -2.04. The maximum absolute atomic E-state index is 11.8. The Morgan fingerprint density at radius 1 is 1.17 bits per heavy atom. The van der Waals surface area contributed by atoms with Gasteiger partial charge in [-0.1, -0.05) is 24.3 Å². The van der Waals surface area contributed by atoms with Gasteiger partial charge in [-0.05, 0) is 18.2 Å². The van der Waals surface area contributed by atoms with E-state index < -0.39 is 0 Å². The molecule has 1 aromatic heterocycles. The Balaban J connectivity index is 1.88. The van der Waals surface area contributed by atoms with Gasteiger partial charge in [-0.25, -0.2) is 4.98 Å². The Hall–Kier alpha value is -1.81. The third kappa shape index (κ3) is 3.60. The molecule has 0 saturated carbocycles. The lowest BCUT2D eigenvalue weighted by Crippen LogP contribution is -2.08. The van der Waals surface area contributed by atoms with Crippen LogP contribution in [0.1, 0.15) is 5.56 Å². The third-order valence-electron chi connectivity index (χ3n) is 2.46. The lowest BCUT2D eigenvalue weighted by molar-refractivity contribution is -0.116. The zero-order valence-corrected chi connectivity index (χ0v) is 10.7. The van der Waals surface area contributed by atoms with Crippen molar-refractivity contribution in [3.63, 3.8) is 0 Å². The van der Waals surface area contributed by atoms with E-state index in [1.54, 1.807) is 24.0 Å². The highest BCUT2D eigenvalue weighted by Gasteiger charge is 2.07. The van der Waals surface area contributed by atoms with E-state index in [9.17, 15) is 4.79 Å². The van der Waals surface area contributed by atoms with Gasteiger partial charge in [0.1, 0.15) is 11.6 Å². The van der Waals surface area contributed by atoms with E-state index in [4.69, 9.17) is 5.73 Å².